The minimum atomic E-state index is -1.83. The molecule has 0 atom stereocenters. The van der Waals surface area contributed by atoms with Gasteiger partial charge in [-0.3, -0.25) is 0 Å². The highest BCUT2D eigenvalue weighted by Gasteiger charge is 2.28. The first-order valence-electron chi connectivity index (χ1n) is 5.83. The van der Waals surface area contributed by atoms with Gasteiger partial charge in [-0.25, -0.2) is 0 Å². The summed E-state index contributed by atoms with van der Waals surface area (Å²) < 4.78 is 5.85. The minimum Gasteiger partial charge on any atom is -0.432 e. The first-order valence-corrected chi connectivity index (χ1v) is 11.8. The van der Waals surface area contributed by atoms with Crippen LogP contribution in [0.1, 0.15) is 26.7 Å². The summed E-state index contributed by atoms with van der Waals surface area (Å²) >= 11 is 1.50. The normalized spacial score (nSPS) is 14.0. The highest BCUT2D eigenvalue weighted by molar-refractivity contribution is 7.94. The summed E-state index contributed by atoms with van der Waals surface area (Å²) in [5.41, 5.74) is 0. The molecule has 0 saturated heterocycles. The van der Waals surface area contributed by atoms with Crippen LogP contribution < -0.4 is 0 Å². The fourth-order valence-corrected chi connectivity index (χ4v) is 8.58. The molecule has 0 radical (unpaired) electrons. The van der Waals surface area contributed by atoms with Crippen molar-refractivity contribution < 1.29 is 8.98 Å². The van der Waals surface area contributed by atoms with E-state index in [9.17, 15) is 4.80 Å². The fraction of sp³-hybridized carbons (Fsp3) is 1.00. The van der Waals surface area contributed by atoms with Gasteiger partial charge >= 0.3 is 0 Å². The van der Waals surface area contributed by atoms with E-state index in [4.69, 9.17) is 4.18 Å². The van der Waals surface area contributed by atoms with Gasteiger partial charge in [0.05, 0.1) is 14.7 Å². The van der Waals surface area contributed by atoms with Crippen LogP contribution in [0.5, 0.6) is 0 Å². The van der Waals surface area contributed by atoms with Crippen molar-refractivity contribution in [2.24, 2.45) is 0 Å². The van der Waals surface area contributed by atoms with Gasteiger partial charge < -0.3 is 8.98 Å². The smallest absolute Gasteiger partial charge is 0.182 e. The van der Waals surface area contributed by atoms with Gasteiger partial charge in [0.15, 0.2) is 8.32 Å². The lowest BCUT2D eigenvalue weighted by Gasteiger charge is -2.30. The van der Waals surface area contributed by atoms with Gasteiger partial charge in [-0.1, -0.05) is 19.9 Å². The first kappa shape index (κ1) is 15.7. The Kier molecular flexibility index (Phi) is 7.45. The highest BCUT2D eigenvalue weighted by Crippen LogP contribution is 2.26. The molecule has 0 fully saturated rings. The molecule has 0 aliphatic rings. The van der Waals surface area contributed by atoms with Crippen molar-refractivity contribution in [1.82, 2.24) is 0 Å². The van der Waals surface area contributed by atoms with E-state index >= 15 is 0 Å². The maximum atomic E-state index is 9.80. The van der Waals surface area contributed by atoms with Crippen LogP contribution in [0.15, 0.2) is 0 Å². The molecule has 0 aromatic rings. The molecule has 0 bridgehead atoms. The molecule has 0 aliphatic heterocycles. The average Bonchev–Trinajstić information content (AvgIpc) is 2.14. The quantitative estimate of drug-likeness (QED) is 0.541. The number of hydrogen-bond donors (Lipinski definition) is 1. The van der Waals surface area contributed by atoms with Crippen molar-refractivity contribution in [2.45, 2.75) is 57.1 Å². The molecular weight excluding hydrogens is 240 g/mol. The molecule has 0 aromatic heterocycles. The van der Waals surface area contributed by atoms with Crippen LogP contribution in [0.4, 0.5) is 0 Å². The molecule has 0 spiro atoms. The molecule has 0 amide bonds. The van der Waals surface area contributed by atoms with Crippen molar-refractivity contribution in [3.8, 4) is 0 Å². The van der Waals surface area contributed by atoms with Crippen molar-refractivity contribution >= 4 is 29.9 Å². The van der Waals surface area contributed by atoms with Crippen LogP contribution in [0.2, 0.25) is 25.2 Å². The van der Waals surface area contributed by atoms with E-state index in [2.05, 4.69) is 13.8 Å². The molecule has 0 aliphatic carbocycles. The second kappa shape index (κ2) is 7.11. The Balaban J connectivity index is 4.06. The zero-order chi connectivity index (χ0) is 11.9. The lowest BCUT2D eigenvalue weighted by Crippen LogP contribution is -2.37. The third-order valence-electron chi connectivity index (χ3n) is 2.97. The summed E-state index contributed by atoms with van der Waals surface area (Å²) in [6.45, 7) is 8.48. The molecule has 5 heteroatoms. The third-order valence-corrected chi connectivity index (χ3v) is 8.75. The van der Waals surface area contributed by atoms with E-state index in [0.717, 1.165) is 18.9 Å². The van der Waals surface area contributed by atoms with Gasteiger partial charge in [0, 0.05) is 6.26 Å². The Bertz CT molecular complexity index is 167. The Hall–Kier alpha value is 0.704. The number of hydrogen-bond acceptors (Lipinski definition) is 3. The average molecular weight is 267 g/mol. The summed E-state index contributed by atoms with van der Waals surface area (Å²) in [5, 5.41) is 0.166. The van der Waals surface area contributed by atoms with E-state index in [1.165, 1.54) is 18.1 Å². The highest BCUT2D eigenvalue weighted by atomic mass is 32.2. The number of rotatable bonds is 8. The zero-order valence-corrected chi connectivity index (χ0v) is 14.0. The Morgan fingerprint density at radius 3 is 2.20 bits per heavy atom. The third kappa shape index (κ3) is 6.78. The Labute approximate surface area is 102 Å². The van der Waals surface area contributed by atoms with Crippen molar-refractivity contribution in [2.75, 3.05) is 6.26 Å². The second-order valence-corrected chi connectivity index (χ2v) is 11.9. The monoisotopic (exact) mass is 266 g/mol. The summed E-state index contributed by atoms with van der Waals surface area (Å²) in [4.78, 5) is 9.80. The van der Waals surface area contributed by atoms with Gasteiger partial charge in [0.1, 0.15) is 0 Å². The summed E-state index contributed by atoms with van der Waals surface area (Å²) in [5.74, 6) is 0. The van der Waals surface area contributed by atoms with Crippen LogP contribution in [0.3, 0.4) is 0 Å². The lowest BCUT2D eigenvalue weighted by atomic mass is 10.2. The standard InChI is InChI=1S/C10H26O2SSi2/c1-6-10(7-2,12-13-3)14-8-9-15(4,5)11/h11H,6-9,14H2,1-5H3. The summed E-state index contributed by atoms with van der Waals surface area (Å²) in [6.07, 6.45) is 4.23. The molecule has 0 heterocycles. The molecule has 0 unspecified atom stereocenters. The Morgan fingerprint density at radius 2 is 1.87 bits per heavy atom. The lowest BCUT2D eigenvalue weighted by molar-refractivity contribution is 0.177. The van der Waals surface area contributed by atoms with Crippen molar-refractivity contribution in [1.29, 1.82) is 0 Å². The van der Waals surface area contributed by atoms with Crippen molar-refractivity contribution in [3.05, 3.63) is 0 Å². The van der Waals surface area contributed by atoms with Crippen LogP contribution in [-0.4, -0.2) is 34.1 Å². The van der Waals surface area contributed by atoms with Gasteiger partial charge in [0.2, 0.25) is 0 Å². The van der Waals surface area contributed by atoms with E-state index in [-0.39, 0.29) is 14.7 Å². The van der Waals surface area contributed by atoms with E-state index < -0.39 is 8.32 Å². The largest absolute Gasteiger partial charge is 0.432 e. The van der Waals surface area contributed by atoms with E-state index in [0.29, 0.717) is 0 Å². The summed E-state index contributed by atoms with van der Waals surface area (Å²) in [6, 6.07) is 2.26. The molecule has 0 saturated carbocycles. The topological polar surface area (TPSA) is 29.5 Å². The van der Waals surface area contributed by atoms with Gasteiger partial charge in [-0.2, -0.15) is 0 Å². The van der Waals surface area contributed by atoms with Crippen LogP contribution in [-0.2, 0) is 4.18 Å². The maximum Gasteiger partial charge on any atom is 0.182 e. The molecule has 1 N–H and O–H groups in total. The van der Waals surface area contributed by atoms with Crippen LogP contribution in [0, 0.1) is 0 Å². The van der Waals surface area contributed by atoms with Crippen LogP contribution >= 0.6 is 12.0 Å². The molecular formula is C10H26O2SSi2. The maximum absolute atomic E-state index is 9.80. The SMILES string of the molecule is CCC(CC)(OSC)[SiH2]CC[Si](C)(C)O. The van der Waals surface area contributed by atoms with E-state index in [1.807, 2.05) is 19.3 Å². The minimum absolute atomic E-state index is 0.166. The second-order valence-electron chi connectivity index (χ2n) is 4.81. The zero-order valence-electron chi connectivity index (χ0n) is 10.8. The molecule has 15 heavy (non-hydrogen) atoms. The predicted octanol–water partition coefficient (Wildman–Crippen LogP) is 2.58. The fourth-order valence-electron chi connectivity index (χ4n) is 1.78. The summed E-state index contributed by atoms with van der Waals surface area (Å²) in [7, 11) is -2.07. The van der Waals surface area contributed by atoms with E-state index in [1.54, 1.807) is 0 Å². The molecule has 92 valence electrons. The molecule has 2 nitrogen and oxygen atoms in total. The van der Waals surface area contributed by atoms with Crippen LogP contribution in [0.25, 0.3) is 0 Å². The molecule has 0 rings (SSSR count). The first-order chi connectivity index (χ1) is 6.89. The van der Waals surface area contributed by atoms with Gasteiger partial charge in [0.25, 0.3) is 0 Å². The van der Waals surface area contributed by atoms with Gasteiger partial charge in [-0.15, -0.1) is 0 Å². The van der Waals surface area contributed by atoms with Crippen molar-refractivity contribution in [3.63, 3.8) is 0 Å². The van der Waals surface area contributed by atoms with Gasteiger partial charge in [-0.05, 0) is 44.0 Å². The molecule has 0 aromatic carbocycles. The predicted molar refractivity (Wildman–Crippen MR) is 75.8 cm³/mol. The Morgan fingerprint density at radius 1 is 1.33 bits per heavy atom.